The molecule has 3 nitrogen and oxygen atoms in total. The summed E-state index contributed by atoms with van der Waals surface area (Å²) in [6.07, 6.45) is 4.01. The summed E-state index contributed by atoms with van der Waals surface area (Å²) >= 11 is 1.93. The molecule has 1 saturated heterocycles. The van der Waals surface area contributed by atoms with Gasteiger partial charge in [0.25, 0.3) is 0 Å². The lowest BCUT2D eigenvalue weighted by Gasteiger charge is -2.15. The van der Waals surface area contributed by atoms with Crippen LogP contribution in [0.2, 0.25) is 0 Å². The van der Waals surface area contributed by atoms with Crippen LogP contribution in [0.5, 0.6) is 0 Å². The van der Waals surface area contributed by atoms with Gasteiger partial charge in [0.1, 0.15) is 0 Å². The average molecular weight is 214 g/mol. The number of hydrogen-bond donors (Lipinski definition) is 2. The Balaban J connectivity index is 1.77. The van der Waals surface area contributed by atoms with E-state index in [0.29, 0.717) is 6.04 Å². The average Bonchev–Trinajstić information content (AvgIpc) is 2.75. The molecule has 1 amide bonds. The first-order valence-corrected chi connectivity index (χ1v) is 6.55. The van der Waals surface area contributed by atoms with E-state index in [1.165, 1.54) is 5.75 Å². The minimum absolute atomic E-state index is 0.190. The lowest BCUT2D eigenvalue weighted by molar-refractivity contribution is -0.125. The van der Waals surface area contributed by atoms with E-state index in [9.17, 15) is 4.79 Å². The quantitative estimate of drug-likeness (QED) is 0.712. The van der Waals surface area contributed by atoms with Crippen molar-refractivity contribution in [1.29, 1.82) is 0 Å². The highest BCUT2D eigenvalue weighted by Crippen LogP contribution is 2.25. The molecule has 14 heavy (non-hydrogen) atoms. The number of amides is 1. The minimum atomic E-state index is 0.190. The molecule has 0 bridgehead atoms. The molecular formula is C10H18N2OS. The van der Waals surface area contributed by atoms with Crippen LogP contribution in [-0.2, 0) is 4.79 Å². The maximum atomic E-state index is 11.8. The van der Waals surface area contributed by atoms with Gasteiger partial charge in [0.15, 0.2) is 0 Å². The molecule has 3 N–H and O–H groups in total. The molecule has 0 aromatic carbocycles. The van der Waals surface area contributed by atoms with Gasteiger partial charge in [0.05, 0.1) is 0 Å². The first kappa shape index (κ1) is 10.3. The standard InChI is InChI=1S/C10H18N2OS/c11-8-2-1-7(5-8)10(13)12-9-3-4-14-6-9/h7-9H,1-6,11H2,(H,12,13). The van der Waals surface area contributed by atoms with E-state index in [-0.39, 0.29) is 17.9 Å². The highest BCUT2D eigenvalue weighted by atomic mass is 32.2. The van der Waals surface area contributed by atoms with Crippen LogP contribution < -0.4 is 11.1 Å². The Kier molecular flexibility index (Phi) is 3.34. The molecule has 1 heterocycles. The fourth-order valence-electron chi connectivity index (χ4n) is 2.22. The summed E-state index contributed by atoms with van der Waals surface area (Å²) in [7, 11) is 0. The third-order valence-electron chi connectivity index (χ3n) is 3.12. The van der Waals surface area contributed by atoms with Gasteiger partial charge in [-0.05, 0) is 31.4 Å². The lowest BCUT2D eigenvalue weighted by atomic mass is 10.1. The van der Waals surface area contributed by atoms with Gasteiger partial charge in [0, 0.05) is 23.8 Å². The molecule has 80 valence electrons. The number of rotatable bonds is 2. The molecule has 2 rings (SSSR count). The number of carbonyl (C=O) groups is 1. The Hall–Kier alpha value is -0.220. The molecule has 4 heteroatoms. The zero-order valence-electron chi connectivity index (χ0n) is 8.37. The summed E-state index contributed by atoms with van der Waals surface area (Å²) in [6.45, 7) is 0. The normalized spacial score (nSPS) is 37.4. The largest absolute Gasteiger partial charge is 0.352 e. The molecular weight excluding hydrogens is 196 g/mol. The number of thioether (sulfide) groups is 1. The molecule has 1 aliphatic heterocycles. The molecule has 1 saturated carbocycles. The summed E-state index contributed by atoms with van der Waals surface area (Å²) in [5, 5.41) is 3.13. The zero-order valence-corrected chi connectivity index (χ0v) is 9.19. The molecule has 2 aliphatic rings. The number of carbonyl (C=O) groups excluding carboxylic acids is 1. The second kappa shape index (κ2) is 4.53. The fraction of sp³-hybridized carbons (Fsp3) is 0.900. The van der Waals surface area contributed by atoms with Gasteiger partial charge in [-0.15, -0.1) is 0 Å². The van der Waals surface area contributed by atoms with Gasteiger partial charge in [-0.3, -0.25) is 4.79 Å². The van der Waals surface area contributed by atoms with Gasteiger partial charge in [-0.2, -0.15) is 11.8 Å². The van der Waals surface area contributed by atoms with Gasteiger partial charge < -0.3 is 11.1 Å². The van der Waals surface area contributed by atoms with Crippen LogP contribution in [0.15, 0.2) is 0 Å². The summed E-state index contributed by atoms with van der Waals surface area (Å²) in [4.78, 5) is 11.8. The first-order valence-electron chi connectivity index (χ1n) is 5.39. The molecule has 0 spiro atoms. The highest BCUT2D eigenvalue weighted by molar-refractivity contribution is 7.99. The van der Waals surface area contributed by atoms with E-state index in [0.717, 1.165) is 31.4 Å². The SMILES string of the molecule is NC1CCC(C(=O)NC2CCSC2)C1. The van der Waals surface area contributed by atoms with E-state index in [4.69, 9.17) is 5.73 Å². The third-order valence-corrected chi connectivity index (χ3v) is 4.28. The van der Waals surface area contributed by atoms with Crippen molar-refractivity contribution >= 4 is 17.7 Å². The predicted molar refractivity (Wildman–Crippen MR) is 59.2 cm³/mol. The molecule has 2 fully saturated rings. The van der Waals surface area contributed by atoms with Crippen molar-refractivity contribution in [2.75, 3.05) is 11.5 Å². The monoisotopic (exact) mass is 214 g/mol. The highest BCUT2D eigenvalue weighted by Gasteiger charge is 2.29. The topological polar surface area (TPSA) is 55.1 Å². The molecule has 0 aromatic heterocycles. The summed E-state index contributed by atoms with van der Waals surface area (Å²) < 4.78 is 0. The van der Waals surface area contributed by atoms with Crippen molar-refractivity contribution < 1.29 is 4.79 Å². The van der Waals surface area contributed by atoms with Crippen LogP contribution in [0.25, 0.3) is 0 Å². The maximum absolute atomic E-state index is 11.8. The number of nitrogens with one attached hydrogen (secondary N) is 1. The minimum Gasteiger partial charge on any atom is -0.352 e. The van der Waals surface area contributed by atoms with E-state index in [1.54, 1.807) is 0 Å². The second-order valence-corrected chi connectivity index (χ2v) is 5.49. The van der Waals surface area contributed by atoms with Crippen molar-refractivity contribution in [2.24, 2.45) is 11.7 Å². The van der Waals surface area contributed by atoms with E-state index in [2.05, 4.69) is 5.32 Å². The maximum Gasteiger partial charge on any atom is 0.223 e. The molecule has 1 aliphatic carbocycles. The van der Waals surface area contributed by atoms with Gasteiger partial charge in [-0.25, -0.2) is 0 Å². The van der Waals surface area contributed by atoms with Crippen molar-refractivity contribution in [1.82, 2.24) is 5.32 Å². The number of hydrogen-bond acceptors (Lipinski definition) is 3. The molecule has 0 aromatic rings. The van der Waals surface area contributed by atoms with E-state index >= 15 is 0 Å². The Bertz CT molecular complexity index is 216. The van der Waals surface area contributed by atoms with Crippen LogP contribution in [0, 0.1) is 5.92 Å². The summed E-state index contributed by atoms with van der Waals surface area (Å²) in [5.41, 5.74) is 5.79. The van der Waals surface area contributed by atoms with Crippen molar-refractivity contribution in [3.63, 3.8) is 0 Å². The summed E-state index contributed by atoms with van der Waals surface area (Å²) in [6, 6.07) is 0.674. The second-order valence-electron chi connectivity index (χ2n) is 4.34. The van der Waals surface area contributed by atoms with Gasteiger partial charge >= 0.3 is 0 Å². The van der Waals surface area contributed by atoms with Crippen LogP contribution in [-0.4, -0.2) is 29.5 Å². The Morgan fingerprint density at radius 2 is 2.21 bits per heavy atom. The molecule has 3 unspecified atom stereocenters. The van der Waals surface area contributed by atoms with Crippen molar-refractivity contribution in [2.45, 2.75) is 37.8 Å². The van der Waals surface area contributed by atoms with Crippen LogP contribution >= 0.6 is 11.8 Å². The predicted octanol–water partition coefficient (Wildman–Crippen LogP) is 0.735. The van der Waals surface area contributed by atoms with Crippen LogP contribution in [0.3, 0.4) is 0 Å². The fourth-order valence-corrected chi connectivity index (χ4v) is 3.37. The van der Waals surface area contributed by atoms with Crippen LogP contribution in [0.4, 0.5) is 0 Å². The van der Waals surface area contributed by atoms with Crippen LogP contribution in [0.1, 0.15) is 25.7 Å². The van der Waals surface area contributed by atoms with Crippen molar-refractivity contribution in [3.05, 3.63) is 0 Å². The van der Waals surface area contributed by atoms with Gasteiger partial charge in [0.2, 0.25) is 5.91 Å². The smallest absolute Gasteiger partial charge is 0.223 e. The molecule has 0 radical (unpaired) electrons. The lowest BCUT2D eigenvalue weighted by Crippen LogP contribution is -2.38. The Morgan fingerprint density at radius 1 is 1.36 bits per heavy atom. The van der Waals surface area contributed by atoms with E-state index < -0.39 is 0 Å². The van der Waals surface area contributed by atoms with E-state index in [1.807, 2.05) is 11.8 Å². The zero-order chi connectivity index (χ0) is 9.97. The Morgan fingerprint density at radius 3 is 2.79 bits per heavy atom. The summed E-state index contributed by atoms with van der Waals surface area (Å²) in [5.74, 6) is 2.71. The number of nitrogens with two attached hydrogens (primary N) is 1. The molecule has 3 atom stereocenters. The Labute approximate surface area is 89.2 Å². The third kappa shape index (κ3) is 2.42. The first-order chi connectivity index (χ1) is 6.75. The van der Waals surface area contributed by atoms with Gasteiger partial charge in [-0.1, -0.05) is 0 Å². The van der Waals surface area contributed by atoms with Crippen molar-refractivity contribution in [3.8, 4) is 0 Å².